The molecule has 2 N–H and O–H groups in total. The lowest BCUT2D eigenvalue weighted by Crippen LogP contribution is -2.07. The summed E-state index contributed by atoms with van der Waals surface area (Å²) in [5.74, 6) is -0.414. The summed E-state index contributed by atoms with van der Waals surface area (Å²) in [5, 5.41) is 0.551. The largest absolute Gasteiger partial charge is 0.461 e. The fraction of sp³-hybridized carbons (Fsp3) is 0.231. The van der Waals surface area contributed by atoms with Crippen molar-refractivity contribution in [2.45, 2.75) is 13.8 Å². The molecule has 0 aliphatic carbocycles. The number of carbonyl (C=O) groups is 1. The summed E-state index contributed by atoms with van der Waals surface area (Å²) in [6.07, 6.45) is 0. The number of aryl methyl sites for hydroxylation is 1. The molecule has 0 fully saturated rings. The molecular formula is C13H13ClN2O3. The molecule has 1 heterocycles. The minimum Gasteiger partial charge on any atom is -0.461 e. The van der Waals surface area contributed by atoms with Crippen LogP contribution in [0.1, 0.15) is 23.0 Å². The second kappa shape index (κ2) is 5.32. The van der Waals surface area contributed by atoms with Gasteiger partial charge in [0.05, 0.1) is 6.61 Å². The van der Waals surface area contributed by atoms with E-state index in [0.29, 0.717) is 10.6 Å². The molecule has 1 aromatic heterocycles. The number of benzene rings is 1. The number of halogens is 1. The summed E-state index contributed by atoms with van der Waals surface area (Å²) in [5.41, 5.74) is 7.22. The summed E-state index contributed by atoms with van der Waals surface area (Å²) < 4.78 is 10.2. The molecule has 0 unspecified atom stereocenters. The third-order valence-electron chi connectivity index (χ3n) is 2.55. The van der Waals surface area contributed by atoms with E-state index in [1.807, 2.05) is 13.0 Å². The molecule has 2 rings (SSSR count). The number of hydrogen-bond acceptors (Lipinski definition) is 5. The molecule has 0 aliphatic rings. The van der Waals surface area contributed by atoms with Crippen LogP contribution in [0.15, 0.2) is 22.6 Å². The van der Waals surface area contributed by atoms with Gasteiger partial charge in [-0.15, -0.1) is 0 Å². The molecule has 100 valence electrons. The number of aromatic nitrogens is 1. The molecule has 6 heteroatoms. The van der Waals surface area contributed by atoms with Crippen LogP contribution in [0, 0.1) is 6.92 Å². The predicted molar refractivity (Wildman–Crippen MR) is 72.1 cm³/mol. The van der Waals surface area contributed by atoms with E-state index >= 15 is 0 Å². The summed E-state index contributed by atoms with van der Waals surface area (Å²) in [6, 6.07) is 5.30. The zero-order chi connectivity index (χ0) is 14.0. The molecule has 0 aliphatic heterocycles. The molecule has 5 nitrogen and oxygen atoms in total. The van der Waals surface area contributed by atoms with Crippen LogP contribution in [0.5, 0.6) is 0 Å². The fourth-order valence-corrected chi connectivity index (χ4v) is 1.79. The highest BCUT2D eigenvalue weighted by molar-refractivity contribution is 6.30. The molecule has 2 aromatic rings. The lowest BCUT2D eigenvalue weighted by Gasteiger charge is -2.01. The standard InChI is InChI=1S/C13H13ClN2O3/c1-3-18-13(17)10-11(15)19-12(16-10)9-6-8(14)5-4-7(9)2/h4-6H,3,15H2,1-2H3. The van der Waals surface area contributed by atoms with Crippen LogP contribution in [0.3, 0.4) is 0 Å². The topological polar surface area (TPSA) is 78.3 Å². The van der Waals surface area contributed by atoms with E-state index in [2.05, 4.69) is 4.98 Å². The van der Waals surface area contributed by atoms with Crippen molar-refractivity contribution in [2.75, 3.05) is 12.3 Å². The van der Waals surface area contributed by atoms with Crippen LogP contribution >= 0.6 is 11.6 Å². The van der Waals surface area contributed by atoms with Crippen LogP contribution in [0.25, 0.3) is 11.5 Å². The van der Waals surface area contributed by atoms with Crippen molar-refractivity contribution in [2.24, 2.45) is 0 Å². The van der Waals surface area contributed by atoms with Gasteiger partial charge in [-0.05, 0) is 31.5 Å². The van der Waals surface area contributed by atoms with Crippen molar-refractivity contribution in [3.63, 3.8) is 0 Å². The first-order valence-electron chi connectivity index (χ1n) is 5.73. The van der Waals surface area contributed by atoms with E-state index in [-0.39, 0.29) is 24.1 Å². The van der Waals surface area contributed by atoms with Crippen molar-refractivity contribution < 1.29 is 13.9 Å². The molecule has 1 aromatic carbocycles. The monoisotopic (exact) mass is 280 g/mol. The van der Waals surface area contributed by atoms with Gasteiger partial charge < -0.3 is 14.9 Å². The molecule has 0 saturated carbocycles. The van der Waals surface area contributed by atoms with Crippen LogP contribution in [0.2, 0.25) is 5.02 Å². The molecule has 0 spiro atoms. The highest BCUT2D eigenvalue weighted by Crippen LogP contribution is 2.29. The number of anilines is 1. The van der Waals surface area contributed by atoms with Gasteiger partial charge in [-0.25, -0.2) is 4.79 Å². The minimum atomic E-state index is -0.602. The number of nitrogen functional groups attached to an aromatic ring is 1. The Balaban J connectivity index is 2.44. The van der Waals surface area contributed by atoms with Gasteiger partial charge in [-0.3, -0.25) is 0 Å². The highest BCUT2D eigenvalue weighted by atomic mass is 35.5. The zero-order valence-corrected chi connectivity index (χ0v) is 11.3. The van der Waals surface area contributed by atoms with Gasteiger partial charge in [0, 0.05) is 10.6 Å². The van der Waals surface area contributed by atoms with Crippen molar-refractivity contribution in [1.29, 1.82) is 0 Å². The summed E-state index contributed by atoms with van der Waals surface area (Å²) in [4.78, 5) is 15.7. The first-order valence-corrected chi connectivity index (χ1v) is 6.10. The maximum absolute atomic E-state index is 11.6. The SMILES string of the molecule is CCOC(=O)c1nc(-c2cc(Cl)ccc2C)oc1N. The number of esters is 1. The zero-order valence-electron chi connectivity index (χ0n) is 10.6. The van der Waals surface area contributed by atoms with Crippen LogP contribution in [-0.4, -0.2) is 17.6 Å². The molecule has 0 atom stereocenters. The Morgan fingerprint density at radius 2 is 2.26 bits per heavy atom. The number of ether oxygens (including phenoxy) is 1. The van der Waals surface area contributed by atoms with E-state index in [9.17, 15) is 4.79 Å². The van der Waals surface area contributed by atoms with Gasteiger partial charge in [0.1, 0.15) is 0 Å². The van der Waals surface area contributed by atoms with Crippen molar-refractivity contribution in [1.82, 2.24) is 4.98 Å². The molecule has 0 radical (unpaired) electrons. The van der Waals surface area contributed by atoms with Crippen LogP contribution in [0.4, 0.5) is 5.88 Å². The van der Waals surface area contributed by atoms with Crippen molar-refractivity contribution in [3.8, 4) is 11.5 Å². The normalized spacial score (nSPS) is 10.5. The average Bonchev–Trinajstić information content (AvgIpc) is 2.74. The van der Waals surface area contributed by atoms with Gasteiger partial charge in [0.2, 0.25) is 17.5 Å². The highest BCUT2D eigenvalue weighted by Gasteiger charge is 2.20. The van der Waals surface area contributed by atoms with E-state index in [1.165, 1.54) is 0 Å². The van der Waals surface area contributed by atoms with Gasteiger partial charge >= 0.3 is 5.97 Å². The lowest BCUT2D eigenvalue weighted by molar-refractivity contribution is 0.0521. The van der Waals surface area contributed by atoms with Gasteiger partial charge in [0.25, 0.3) is 0 Å². The molecule has 0 amide bonds. The quantitative estimate of drug-likeness (QED) is 0.874. The first-order chi connectivity index (χ1) is 9.02. The average molecular weight is 281 g/mol. The van der Waals surface area contributed by atoms with E-state index < -0.39 is 5.97 Å². The minimum absolute atomic E-state index is 0.0174. The Bertz CT molecular complexity index is 622. The molecule has 0 saturated heterocycles. The first kappa shape index (κ1) is 13.4. The fourth-order valence-electron chi connectivity index (χ4n) is 1.62. The third-order valence-corrected chi connectivity index (χ3v) is 2.79. The van der Waals surface area contributed by atoms with Gasteiger partial charge in [0.15, 0.2) is 0 Å². The van der Waals surface area contributed by atoms with Crippen molar-refractivity contribution in [3.05, 3.63) is 34.5 Å². The Morgan fingerprint density at radius 3 is 2.95 bits per heavy atom. The maximum Gasteiger partial charge on any atom is 0.362 e. The van der Waals surface area contributed by atoms with Gasteiger partial charge in [-0.1, -0.05) is 17.7 Å². The summed E-state index contributed by atoms with van der Waals surface area (Å²) in [6.45, 7) is 3.84. The van der Waals surface area contributed by atoms with Crippen LogP contribution < -0.4 is 5.73 Å². The Morgan fingerprint density at radius 1 is 1.53 bits per heavy atom. The van der Waals surface area contributed by atoms with E-state index in [4.69, 9.17) is 26.5 Å². The van der Waals surface area contributed by atoms with Gasteiger partial charge in [-0.2, -0.15) is 4.98 Å². The Labute approximate surface area is 115 Å². The van der Waals surface area contributed by atoms with Crippen molar-refractivity contribution >= 4 is 23.5 Å². The summed E-state index contributed by atoms with van der Waals surface area (Å²) in [7, 11) is 0. The van der Waals surface area contributed by atoms with E-state index in [1.54, 1.807) is 19.1 Å². The number of nitrogens with zero attached hydrogens (tertiary/aromatic N) is 1. The maximum atomic E-state index is 11.6. The molecule has 19 heavy (non-hydrogen) atoms. The third kappa shape index (κ3) is 2.71. The lowest BCUT2D eigenvalue weighted by atomic mass is 10.1. The number of rotatable bonds is 3. The second-order valence-electron chi connectivity index (χ2n) is 3.91. The molecular weight excluding hydrogens is 268 g/mol. The predicted octanol–water partition coefficient (Wildman–Crippen LogP) is 3.06. The number of carbonyl (C=O) groups excluding carboxylic acids is 1. The number of oxazole rings is 1. The molecule has 0 bridgehead atoms. The number of nitrogens with two attached hydrogens (primary N) is 1. The smallest absolute Gasteiger partial charge is 0.362 e. The van der Waals surface area contributed by atoms with Crippen LogP contribution in [-0.2, 0) is 4.74 Å². The van der Waals surface area contributed by atoms with E-state index in [0.717, 1.165) is 5.56 Å². The number of hydrogen-bond donors (Lipinski definition) is 1. The Kier molecular flexibility index (Phi) is 3.76. The Hall–Kier alpha value is -2.01. The summed E-state index contributed by atoms with van der Waals surface area (Å²) >= 11 is 5.93. The second-order valence-corrected chi connectivity index (χ2v) is 4.35.